The summed E-state index contributed by atoms with van der Waals surface area (Å²) in [6, 6.07) is 10.7. The van der Waals surface area contributed by atoms with Gasteiger partial charge in [0.1, 0.15) is 0 Å². The Hall–Kier alpha value is -2.46. The number of hydrogen-bond donors (Lipinski definition) is 2. The summed E-state index contributed by atoms with van der Waals surface area (Å²) in [5.41, 5.74) is -0.433. The highest BCUT2D eigenvalue weighted by atomic mass is 32.2. The van der Waals surface area contributed by atoms with Crippen LogP contribution in [0.25, 0.3) is 10.8 Å². The first-order valence-electron chi connectivity index (χ1n) is 10.5. The number of amides is 1. The number of hydrogen-bond acceptors (Lipinski definition) is 5. The van der Waals surface area contributed by atoms with E-state index in [4.69, 9.17) is 0 Å². The van der Waals surface area contributed by atoms with E-state index in [1.165, 1.54) is 0 Å². The van der Waals surface area contributed by atoms with Crippen LogP contribution in [0.2, 0.25) is 0 Å². The molecule has 0 atom stereocenters. The Bertz CT molecular complexity index is 1170. The molecular weight excluding hydrogens is 428 g/mol. The largest absolute Gasteiger partial charge is 0.377 e. The molecule has 2 aromatic rings. The lowest BCUT2D eigenvalue weighted by atomic mass is 9.96. The zero-order chi connectivity index (χ0) is 23.9. The van der Waals surface area contributed by atoms with Crippen LogP contribution < -0.4 is 14.9 Å². The number of anilines is 1. The zero-order valence-corrected chi connectivity index (χ0v) is 20.2. The van der Waals surface area contributed by atoms with Gasteiger partial charge in [0.2, 0.25) is 15.9 Å². The minimum Gasteiger partial charge on any atom is -0.377 e. The Balaban J connectivity index is 1.70. The molecule has 1 aliphatic heterocycles. The lowest BCUT2D eigenvalue weighted by Gasteiger charge is -2.33. The van der Waals surface area contributed by atoms with E-state index in [-0.39, 0.29) is 23.9 Å². The van der Waals surface area contributed by atoms with Crippen molar-refractivity contribution in [3.8, 4) is 0 Å². The molecule has 0 saturated carbocycles. The molecule has 1 radical (unpaired) electrons. The Morgan fingerprint density at radius 3 is 2.22 bits per heavy atom. The van der Waals surface area contributed by atoms with Gasteiger partial charge >= 0.3 is 0 Å². The van der Waals surface area contributed by atoms with E-state index < -0.39 is 21.1 Å². The van der Waals surface area contributed by atoms with Gasteiger partial charge in [-0.2, -0.15) is 0 Å². The number of nitrogens with one attached hydrogen (secondary N) is 2. The standard InChI is InChI=1S/C23H31N4O4S/c1-22(2)15-18(23(3,4)27(22)29)21(28)24-13-14-25-32(30,31)20-12-8-9-16-17(20)10-7-11-19(16)26(5)6/h7-12,15,25H,13-14H2,1-6H3,(H,24,28). The maximum absolute atomic E-state index is 13.0. The maximum Gasteiger partial charge on any atom is 0.248 e. The van der Waals surface area contributed by atoms with Crippen LogP contribution in [0.3, 0.4) is 0 Å². The first-order chi connectivity index (χ1) is 14.8. The van der Waals surface area contributed by atoms with Crippen LogP contribution in [0, 0.1) is 0 Å². The summed E-state index contributed by atoms with van der Waals surface area (Å²) in [6.07, 6.45) is 1.66. The van der Waals surface area contributed by atoms with Gasteiger partial charge in [0.25, 0.3) is 0 Å². The van der Waals surface area contributed by atoms with Crippen molar-refractivity contribution in [2.24, 2.45) is 0 Å². The Morgan fingerprint density at radius 1 is 1.00 bits per heavy atom. The van der Waals surface area contributed by atoms with E-state index in [2.05, 4.69) is 10.0 Å². The lowest BCUT2D eigenvalue weighted by Crippen LogP contribution is -2.49. The first-order valence-corrected chi connectivity index (χ1v) is 11.9. The molecule has 0 bridgehead atoms. The third kappa shape index (κ3) is 4.38. The van der Waals surface area contributed by atoms with Gasteiger partial charge in [-0.1, -0.05) is 30.3 Å². The summed E-state index contributed by atoms with van der Waals surface area (Å²) in [4.78, 5) is 14.8. The highest BCUT2D eigenvalue weighted by molar-refractivity contribution is 7.89. The van der Waals surface area contributed by atoms with Crippen molar-refractivity contribution in [1.82, 2.24) is 15.1 Å². The minimum absolute atomic E-state index is 0.0238. The molecule has 2 N–H and O–H groups in total. The maximum atomic E-state index is 13.0. The van der Waals surface area contributed by atoms with E-state index in [1.54, 1.807) is 52.0 Å². The fourth-order valence-electron chi connectivity index (χ4n) is 4.18. The number of fused-ring (bicyclic) bond motifs is 1. The van der Waals surface area contributed by atoms with Crippen molar-refractivity contribution in [2.45, 2.75) is 43.7 Å². The second-order valence-electron chi connectivity index (χ2n) is 9.24. The van der Waals surface area contributed by atoms with E-state index in [0.717, 1.165) is 16.1 Å². The fourth-order valence-corrected chi connectivity index (χ4v) is 5.44. The van der Waals surface area contributed by atoms with Crippen LogP contribution in [0.4, 0.5) is 5.69 Å². The molecule has 1 amide bonds. The minimum atomic E-state index is -3.79. The van der Waals surface area contributed by atoms with Gasteiger partial charge in [-0.25, -0.2) is 13.1 Å². The summed E-state index contributed by atoms with van der Waals surface area (Å²) in [5.74, 6) is -0.374. The molecule has 1 aliphatic rings. The quantitative estimate of drug-likeness (QED) is 0.620. The van der Waals surface area contributed by atoms with Crippen molar-refractivity contribution in [3.63, 3.8) is 0 Å². The van der Waals surface area contributed by atoms with Crippen molar-refractivity contribution in [3.05, 3.63) is 48.0 Å². The molecule has 173 valence electrons. The third-order valence-electron chi connectivity index (χ3n) is 5.77. The first kappa shape index (κ1) is 24.2. The Morgan fingerprint density at radius 2 is 1.62 bits per heavy atom. The summed E-state index contributed by atoms with van der Waals surface area (Å²) in [5, 5.41) is 17.5. The van der Waals surface area contributed by atoms with Gasteiger partial charge in [-0.3, -0.25) is 4.79 Å². The molecule has 0 spiro atoms. The van der Waals surface area contributed by atoms with E-state index in [1.807, 2.05) is 37.2 Å². The summed E-state index contributed by atoms with van der Waals surface area (Å²) < 4.78 is 28.5. The molecule has 2 aromatic carbocycles. The average Bonchev–Trinajstić information content (AvgIpc) is 2.89. The Labute approximate surface area is 189 Å². The number of carbonyl (C=O) groups excluding carboxylic acids is 1. The Kier molecular flexibility index (Phi) is 6.41. The van der Waals surface area contributed by atoms with Crippen LogP contribution in [0.5, 0.6) is 0 Å². The molecule has 9 heteroatoms. The van der Waals surface area contributed by atoms with E-state index in [0.29, 0.717) is 11.0 Å². The number of nitrogens with zero attached hydrogens (tertiary/aromatic N) is 2. The van der Waals surface area contributed by atoms with E-state index in [9.17, 15) is 18.4 Å². The van der Waals surface area contributed by atoms with Crippen molar-refractivity contribution >= 4 is 32.4 Å². The molecule has 0 fully saturated rings. The SMILES string of the molecule is CN(C)c1cccc2c(S(=O)(=O)NCCNC(=O)C3=CC(C)(C)N([O])C3(C)C)cccc12. The fraction of sp³-hybridized carbons (Fsp3) is 0.435. The molecule has 0 saturated heterocycles. The lowest BCUT2D eigenvalue weighted by molar-refractivity contribution is -0.238. The van der Waals surface area contributed by atoms with Crippen LogP contribution in [0.1, 0.15) is 27.7 Å². The third-order valence-corrected chi connectivity index (χ3v) is 7.28. The number of carbonyl (C=O) groups is 1. The molecule has 0 aromatic heterocycles. The second kappa shape index (κ2) is 8.47. The predicted molar refractivity (Wildman–Crippen MR) is 125 cm³/mol. The van der Waals surface area contributed by atoms with Gasteiger partial charge in [-0.05, 0) is 39.8 Å². The van der Waals surface area contributed by atoms with Crippen LogP contribution in [-0.2, 0) is 20.0 Å². The van der Waals surface area contributed by atoms with Crippen LogP contribution in [-0.4, -0.2) is 57.7 Å². The molecule has 0 unspecified atom stereocenters. The predicted octanol–water partition coefficient (Wildman–Crippen LogP) is 2.45. The topological polar surface area (TPSA) is 102 Å². The summed E-state index contributed by atoms with van der Waals surface area (Å²) in [6.45, 7) is 7.02. The summed E-state index contributed by atoms with van der Waals surface area (Å²) in [7, 11) is 0.0266. The van der Waals surface area contributed by atoms with Crippen LogP contribution in [0.15, 0.2) is 52.9 Å². The van der Waals surface area contributed by atoms with Crippen molar-refractivity contribution in [2.75, 3.05) is 32.1 Å². The molecule has 3 rings (SSSR count). The molecule has 0 aliphatic carbocycles. The highest BCUT2D eigenvalue weighted by Crippen LogP contribution is 2.38. The van der Waals surface area contributed by atoms with Crippen molar-refractivity contribution in [1.29, 1.82) is 0 Å². The van der Waals surface area contributed by atoms with E-state index >= 15 is 0 Å². The molecule has 8 nitrogen and oxygen atoms in total. The number of benzene rings is 2. The molecular formula is C23H31N4O4S. The summed E-state index contributed by atoms with van der Waals surface area (Å²) >= 11 is 0. The second-order valence-corrected chi connectivity index (χ2v) is 11.0. The normalized spacial score (nSPS) is 17.9. The number of hydroxylamine groups is 2. The molecule has 32 heavy (non-hydrogen) atoms. The van der Waals surface area contributed by atoms with Gasteiger partial charge in [0.05, 0.1) is 16.0 Å². The van der Waals surface area contributed by atoms with Crippen LogP contribution >= 0.6 is 0 Å². The zero-order valence-electron chi connectivity index (χ0n) is 19.4. The average molecular weight is 460 g/mol. The number of rotatable bonds is 7. The van der Waals surface area contributed by atoms with Gasteiger partial charge in [0, 0.05) is 49.2 Å². The van der Waals surface area contributed by atoms with Gasteiger partial charge in [-0.15, -0.1) is 10.3 Å². The highest BCUT2D eigenvalue weighted by Gasteiger charge is 2.48. The van der Waals surface area contributed by atoms with Gasteiger partial charge < -0.3 is 10.2 Å². The monoisotopic (exact) mass is 459 g/mol. The van der Waals surface area contributed by atoms with Gasteiger partial charge in [0.15, 0.2) is 0 Å². The smallest absolute Gasteiger partial charge is 0.248 e. The van der Waals surface area contributed by atoms with Crippen molar-refractivity contribution < 1.29 is 18.4 Å². The molecule has 1 heterocycles. The number of sulfonamides is 1.